The van der Waals surface area contributed by atoms with Gasteiger partial charge < -0.3 is 5.32 Å². The lowest BCUT2D eigenvalue weighted by atomic mass is 10.1. The molecule has 5 heteroatoms. The zero-order chi connectivity index (χ0) is 20.4. The van der Waals surface area contributed by atoms with Crippen LogP contribution in [0.4, 0.5) is 0 Å². The number of aryl methyl sites for hydroxylation is 3. The highest BCUT2D eigenvalue weighted by Crippen LogP contribution is 2.25. The molecule has 0 aliphatic heterocycles. The van der Waals surface area contributed by atoms with Crippen molar-refractivity contribution < 1.29 is 0 Å². The van der Waals surface area contributed by atoms with Gasteiger partial charge in [0.15, 0.2) is 0 Å². The standard InChI is InChI=1S/C24H27N5/c1-17-8-10-23(11-9-17)29-16-22(13-25-19(3)21-14-26-28(4)15-21)24(27-29)20-7-5-6-18(2)12-20/h5-12,14-16,19,25H,13H2,1-4H3. The zero-order valence-electron chi connectivity index (χ0n) is 17.4. The minimum Gasteiger partial charge on any atom is -0.306 e. The van der Waals surface area contributed by atoms with Crippen molar-refractivity contribution in [1.29, 1.82) is 0 Å². The van der Waals surface area contributed by atoms with Crippen molar-refractivity contribution in [3.8, 4) is 16.9 Å². The third-order valence-electron chi connectivity index (χ3n) is 5.20. The fourth-order valence-corrected chi connectivity index (χ4v) is 3.45. The predicted molar refractivity (Wildman–Crippen MR) is 117 cm³/mol. The van der Waals surface area contributed by atoms with E-state index in [9.17, 15) is 0 Å². The van der Waals surface area contributed by atoms with Crippen molar-refractivity contribution >= 4 is 0 Å². The molecule has 0 saturated heterocycles. The molecule has 1 N–H and O–H groups in total. The summed E-state index contributed by atoms with van der Waals surface area (Å²) in [5, 5.41) is 12.8. The van der Waals surface area contributed by atoms with Crippen molar-refractivity contribution in [2.75, 3.05) is 0 Å². The summed E-state index contributed by atoms with van der Waals surface area (Å²) in [4.78, 5) is 0. The first-order valence-corrected chi connectivity index (χ1v) is 9.94. The number of nitrogens with zero attached hydrogens (tertiary/aromatic N) is 4. The second kappa shape index (κ2) is 8.05. The molecule has 0 fully saturated rings. The van der Waals surface area contributed by atoms with E-state index in [1.807, 2.05) is 22.6 Å². The van der Waals surface area contributed by atoms with Gasteiger partial charge in [-0.15, -0.1) is 0 Å². The monoisotopic (exact) mass is 385 g/mol. The Bertz CT molecular complexity index is 1100. The molecule has 0 amide bonds. The summed E-state index contributed by atoms with van der Waals surface area (Å²) in [5.41, 5.74) is 8.04. The quantitative estimate of drug-likeness (QED) is 0.521. The van der Waals surface area contributed by atoms with Gasteiger partial charge in [-0.1, -0.05) is 41.5 Å². The highest BCUT2D eigenvalue weighted by atomic mass is 15.3. The van der Waals surface area contributed by atoms with Crippen LogP contribution in [0.1, 0.15) is 35.2 Å². The van der Waals surface area contributed by atoms with E-state index in [4.69, 9.17) is 5.10 Å². The normalized spacial score (nSPS) is 12.3. The number of hydrogen-bond acceptors (Lipinski definition) is 3. The Morgan fingerprint density at radius 2 is 1.79 bits per heavy atom. The molecule has 2 aromatic carbocycles. The molecule has 0 aliphatic carbocycles. The van der Waals surface area contributed by atoms with Gasteiger partial charge in [0.05, 0.1) is 17.6 Å². The number of benzene rings is 2. The topological polar surface area (TPSA) is 47.7 Å². The lowest BCUT2D eigenvalue weighted by Crippen LogP contribution is -2.17. The van der Waals surface area contributed by atoms with Crippen LogP contribution < -0.4 is 5.32 Å². The number of hydrogen-bond donors (Lipinski definition) is 1. The maximum atomic E-state index is 4.94. The first-order valence-electron chi connectivity index (χ1n) is 9.94. The molecule has 0 bridgehead atoms. The minimum atomic E-state index is 0.205. The summed E-state index contributed by atoms with van der Waals surface area (Å²) in [6.07, 6.45) is 6.09. The van der Waals surface area contributed by atoms with Gasteiger partial charge >= 0.3 is 0 Å². The van der Waals surface area contributed by atoms with Crippen molar-refractivity contribution in [2.45, 2.75) is 33.4 Å². The lowest BCUT2D eigenvalue weighted by molar-refractivity contribution is 0.574. The van der Waals surface area contributed by atoms with Crippen LogP contribution in [-0.2, 0) is 13.6 Å². The van der Waals surface area contributed by atoms with Gasteiger partial charge in [-0.3, -0.25) is 4.68 Å². The molecule has 0 saturated carbocycles. The van der Waals surface area contributed by atoms with E-state index >= 15 is 0 Å². The Labute approximate surface area is 172 Å². The van der Waals surface area contributed by atoms with Crippen LogP contribution in [-0.4, -0.2) is 19.6 Å². The van der Waals surface area contributed by atoms with Crippen LogP contribution in [0.25, 0.3) is 16.9 Å². The second-order valence-electron chi connectivity index (χ2n) is 7.70. The summed E-state index contributed by atoms with van der Waals surface area (Å²) in [5.74, 6) is 0. The first kappa shape index (κ1) is 19.2. The molecule has 29 heavy (non-hydrogen) atoms. The van der Waals surface area contributed by atoms with E-state index in [0.717, 1.165) is 23.5 Å². The van der Waals surface area contributed by atoms with Gasteiger partial charge in [-0.2, -0.15) is 10.2 Å². The third kappa shape index (κ3) is 4.30. The minimum absolute atomic E-state index is 0.205. The first-order chi connectivity index (χ1) is 14.0. The fraction of sp³-hybridized carbons (Fsp3) is 0.250. The molecular weight excluding hydrogens is 358 g/mol. The van der Waals surface area contributed by atoms with Crippen LogP contribution in [0.3, 0.4) is 0 Å². The van der Waals surface area contributed by atoms with Crippen LogP contribution in [0, 0.1) is 13.8 Å². The number of rotatable bonds is 6. The Kier molecular flexibility index (Phi) is 5.32. The van der Waals surface area contributed by atoms with Gasteiger partial charge in [-0.25, -0.2) is 4.68 Å². The van der Waals surface area contributed by atoms with Crippen LogP contribution in [0.2, 0.25) is 0 Å². The Morgan fingerprint density at radius 3 is 2.48 bits per heavy atom. The summed E-state index contributed by atoms with van der Waals surface area (Å²) in [6.45, 7) is 7.10. The van der Waals surface area contributed by atoms with E-state index in [1.165, 1.54) is 22.3 Å². The molecule has 0 aliphatic rings. The summed E-state index contributed by atoms with van der Waals surface area (Å²) in [6, 6.07) is 17.2. The summed E-state index contributed by atoms with van der Waals surface area (Å²) in [7, 11) is 1.94. The summed E-state index contributed by atoms with van der Waals surface area (Å²) < 4.78 is 3.81. The highest BCUT2D eigenvalue weighted by molar-refractivity contribution is 5.64. The largest absolute Gasteiger partial charge is 0.306 e. The van der Waals surface area contributed by atoms with Crippen LogP contribution in [0.5, 0.6) is 0 Å². The van der Waals surface area contributed by atoms with Gasteiger partial charge in [-0.05, 0) is 39.0 Å². The molecule has 0 radical (unpaired) electrons. The Balaban J connectivity index is 1.66. The Hall–Kier alpha value is -3.18. The zero-order valence-corrected chi connectivity index (χ0v) is 17.4. The van der Waals surface area contributed by atoms with Crippen LogP contribution in [0.15, 0.2) is 67.1 Å². The number of aromatic nitrogens is 4. The second-order valence-corrected chi connectivity index (χ2v) is 7.70. The molecule has 1 unspecified atom stereocenters. The average Bonchev–Trinajstić information content (AvgIpc) is 3.33. The van der Waals surface area contributed by atoms with Gasteiger partial charge in [0, 0.05) is 48.7 Å². The lowest BCUT2D eigenvalue weighted by Gasteiger charge is -2.12. The smallest absolute Gasteiger partial charge is 0.0972 e. The van der Waals surface area contributed by atoms with Crippen molar-refractivity contribution in [2.24, 2.45) is 7.05 Å². The van der Waals surface area contributed by atoms with Crippen LogP contribution >= 0.6 is 0 Å². The Morgan fingerprint density at radius 1 is 1.00 bits per heavy atom. The van der Waals surface area contributed by atoms with Gasteiger partial charge in [0.25, 0.3) is 0 Å². The number of nitrogens with one attached hydrogen (secondary N) is 1. The molecule has 4 aromatic rings. The SMILES string of the molecule is Cc1ccc(-n2cc(CNC(C)c3cnn(C)c3)c(-c3cccc(C)c3)n2)cc1. The molecule has 148 valence electrons. The molecule has 5 nitrogen and oxygen atoms in total. The van der Waals surface area contributed by atoms with Crippen molar-refractivity contribution in [1.82, 2.24) is 24.9 Å². The van der Waals surface area contributed by atoms with E-state index in [1.54, 1.807) is 0 Å². The molecule has 2 aromatic heterocycles. The molecule has 1 atom stereocenters. The summed E-state index contributed by atoms with van der Waals surface area (Å²) >= 11 is 0. The maximum Gasteiger partial charge on any atom is 0.0972 e. The molecule has 0 spiro atoms. The van der Waals surface area contributed by atoms with E-state index < -0.39 is 0 Å². The predicted octanol–water partition coefficient (Wildman–Crippen LogP) is 4.74. The maximum absolute atomic E-state index is 4.94. The third-order valence-corrected chi connectivity index (χ3v) is 5.20. The molecule has 4 rings (SSSR count). The average molecular weight is 386 g/mol. The van der Waals surface area contributed by atoms with Crippen molar-refractivity contribution in [3.05, 3.63) is 89.4 Å². The van der Waals surface area contributed by atoms with E-state index in [0.29, 0.717) is 0 Å². The fourth-order valence-electron chi connectivity index (χ4n) is 3.45. The van der Waals surface area contributed by atoms with Gasteiger partial charge in [0.2, 0.25) is 0 Å². The van der Waals surface area contributed by atoms with Gasteiger partial charge in [0.1, 0.15) is 0 Å². The van der Waals surface area contributed by atoms with E-state index in [2.05, 4.69) is 92.1 Å². The molecule has 2 heterocycles. The van der Waals surface area contributed by atoms with E-state index in [-0.39, 0.29) is 6.04 Å². The van der Waals surface area contributed by atoms with Crippen molar-refractivity contribution in [3.63, 3.8) is 0 Å². The highest BCUT2D eigenvalue weighted by Gasteiger charge is 2.14. The molecular formula is C24H27N5.